The molecule has 0 saturated heterocycles. The van der Waals surface area contributed by atoms with Crippen LogP contribution in [0.2, 0.25) is 0 Å². The monoisotopic (exact) mass is 182 g/mol. The summed E-state index contributed by atoms with van der Waals surface area (Å²) < 4.78 is 0. The fraction of sp³-hybridized carbons (Fsp3) is 1.00. The number of nitrogens with zero attached hydrogens (tertiary/aromatic N) is 1. The summed E-state index contributed by atoms with van der Waals surface area (Å²) in [6.07, 6.45) is 5.67. The molecule has 0 aliphatic heterocycles. The number of nitrogens with one attached hydrogen (secondary N) is 1. The molecular formula is C11H22N2. The van der Waals surface area contributed by atoms with Gasteiger partial charge in [-0.15, -0.1) is 0 Å². The van der Waals surface area contributed by atoms with Crippen LogP contribution in [-0.2, 0) is 0 Å². The van der Waals surface area contributed by atoms with Gasteiger partial charge in [0.05, 0.1) is 0 Å². The zero-order chi connectivity index (χ0) is 9.26. The predicted molar refractivity (Wildman–Crippen MR) is 55.9 cm³/mol. The molecular weight excluding hydrogens is 160 g/mol. The van der Waals surface area contributed by atoms with Crippen LogP contribution in [0.25, 0.3) is 0 Å². The summed E-state index contributed by atoms with van der Waals surface area (Å²) in [5.41, 5.74) is 0. The van der Waals surface area contributed by atoms with E-state index in [0.717, 1.165) is 18.1 Å². The second kappa shape index (κ2) is 3.97. The zero-order valence-electron chi connectivity index (χ0n) is 8.92. The quantitative estimate of drug-likeness (QED) is 0.671. The molecule has 0 aromatic heterocycles. The van der Waals surface area contributed by atoms with E-state index in [1.165, 1.54) is 38.8 Å². The van der Waals surface area contributed by atoms with Crippen LogP contribution < -0.4 is 5.32 Å². The maximum Gasteiger partial charge on any atom is 0.0195 e. The molecule has 2 aliphatic carbocycles. The van der Waals surface area contributed by atoms with Crippen molar-refractivity contribution in [2.24, 2.45) is 0 Å². The third kappa shape index (κ3) is 2.68. The Morgan fingerprint density at radius 1 is 1.31 bits per heavy atom. The van der Waals surface area contributed by atoms with Crippen LogP contribution in [0.3, 0.4) is 0 Å². The van der Waals surface area contributed by atoms with Crippen LogP contribution in [0.15, 0.2) is 0 Å². The first-order valence-corrected chi connectivity index (χ1v) is 5.80. The summed E-state index contributed by atoms with van der Waals surface area (Å²) in [6, 6.07) is 2.51. The van der Waals surface area contributed by atoms with Gasteiger partial charge >= 0.3 is 0 Å². The van der Waals surface area contributed by atoms with E-state index in [2.05, 4.69) is 24.1 Å². The summed E-state index contributed by atoms with van der Waals surface area (Å²) in [5, 5.41) is 3.61. The van der Waals surface area contributed by atoms with E-state index in [4.69, 9.17) is 0 Å². The van der Waals surface area contributed by atoms with Crippen molar-refractivity contribution in [2.45, 2.75) is 57.7 Å². The second-order valence-electron chi connectivity index (χ2n) is 4.59. The number of hydrogen-bond donors (Lipinski definition) is 1. The summed E-state index contributed by atoms with van der Waals surface area (Å²) in [4.78, 5) is 2.65. The Bertz CT molecular complexity index is 161. The molecule has 13 heavy (non-hydrogen) atoms. The average Bonchev–Trinajstić information content (AvgIpc) is 2.97. The Morgan fingerprint density at radius 3 is 2.46 bits per heavy atom. The zero-order valence-corrected chi connectivity index (χ0v) is 8.92. The van der Waals surface area contributed by atoms with Crippen LogP contribution in [-0.4, -0.2) is 36.1 Å². The molecule has 0 heterocycles. The first-order valence-electron chi connectivity index (χ1n) is 5.80. The fourth-order valence-corrected chi connectivity index (χ4v) is 2.08. The van der Waals surface area contributed by atoms with Gasteiger partial charge in [-0.3, -0.25) is 4.90 Å². The molecule has 1 unspecified atom stereocenters. The maximum atomic E-state index is 3.61. The Labute approximate surface area is 81.7 Å². The lowest BCUT2D eigenvalue weighted by Crippen LogP contribution is -2.42. The van der Waals surface area contributed by atoms with Crippen molar-refractivity contribution in [1.29, 1.82) is 0 Å². The Hall–Kier alpha value is -0.0800. The third-order valence-electron chi connectivity index (χ3n) is 3.23. The van der Waals surface area contributed by atoms with Gasteiger partial charge in [-0.2, -0.15) is 0 Å². The van der Waals surface area contributed by atoms with E-state index >= 15 is 0 Å². The number of rotatable bonds is 6. The first-order chi connectivity index (χ1) is 6.31. The van der Waals surface area contributed by atoms with Crippen LogP contribution in [0.4, 0.5) is 0 Å². The lowest BCUT2D eigenvalue weighted by Gasteiger charge is -2.27. The standard InChI is InChI=1S/C11H22N2/c1-3-13(11-6-7-11)9(2)8-12-10-4-5-10/h9-12H,3-8H2,1-2H3. The van der Waals surface area contributed by atoms with E-state index in [1.54, 1.807) is 0 Å². The lowest BCUT2D eigenvalue weighted by molar-refractivity contribution is 0.204. The number of hydrogen-bond acceptors (Lipinski definition) is 2. The van der Waals surface area contributed by atoms with Crippen molar-refractivity contribution < 1.29 is 0 Å². The predicted octanol–water partition coefficient (Wildman–Crippen LogP) is 1.61. The molecule has 0 radical (unpaired) electrons. The highest BCUT2D eigenvalue weighted by atomic mass is 15.2. The van der Waals surface area contributed by atoms with Gasteiger partial charge in [0.15, 0.2) is 0 Å². The summed E-state index contributed by atoms with van der Waals surface area (Å²) >= 11 is 0. The van der Waals surface area contributed by atoms with Crippen LogP contribution in [0.1, 0.15) is 39.5 Å². The van der Waals surface area contributed by atoms with E-state index in [1.807, 2.05) is 0 Å². The van der Waals surface area contributed by atoms with Crippen molar-refractivity contribution in [2.75, 3.05) is 13.1 Å². The molecule has 2 nitrogen and oxygen atoms in total. The normalized spacial score (nSPS) is 25.2. The van der Waals surface area contributed by atoms with Crippen molar-refractivity contribution >= 4 is 0 Å². The van der Waals surface area contributed by atoms with Gasteiger partial charge in [0.2, 0.25) is 0 Å². The molecule has 0 bridgehead atoms. The summed E-state index contributed by atoms with van der Waals surface area (Å²) in [5.74, 6) is 0. The van der Waals surface area contributed by atoms with Crippen LogP contribution in [0, 0.1) is 0 Å². The van der Waals surface area contributed by atoms with Gasteiger partial charge < -0.3 is 5.32 Å². The summed E-state index contributed by atoms with van der Waals surface area (Å²) in [6.45, 7) is 7.05. The molecule has 2 heteroatoms. The van der Waals surface area contributed by atoms with Gasteiger partial charge in [-0.25, -0.2) is 0 Å². The van der Waals surface area contributed by atoms with Crippen molar-refractivity contribution in [3.63, 3.8) is 0 Å². The highest BCUT2D eigenvalue weighted by Gasteiger charge is 2.31. The van der Waals surface area contributed by atoms with Gasteiger partial charge in [0.1, 0.15) is 0 Å². The molecule has 2 saturated carbocycles. The molecule has 0 aromatic rings. The molecule has 76 valence electrons. The minimum atomic E-state index is 0.734. The van der Waals surface area contributed by atoms with E-state index in [9.17, 15) is 0 Å². The van der Waals surface area contributed by atoms with E-state index in [0.29, 0.717) is 0 Å². The van der Waals surface area contributed by atoms with Crippen molar-refractivity contribution in [3.8, 4) is 0 Å². The van der Waals surface area contributed by atoms with Gasteiger partial charge in [0.25, 0.3) is 0 Å². The summed E-state index contributed by atoms with van der Waals surface area (Å²) in [7, 11) is 0. The van der Waals surface area contributed by atoms with Crippen LogP contribution >= 0.6 is 0 Å². The number of likely N-dealkylation sites (N-methyl/N-ethyl adjacent to an activating group) is 1. The van der Waals surface area contributed by atoms with Gasteiger partial charge in [0, 0.05) is 24.7 Å². The SMILES string of the molecule is CCN(C(C)CNC1CC1)C1CC1. The largest absolute Gasteiger partial charge is 0.312 e. The second-order valence-corrected chi connectivity index (χ2v) is 4.59. The van der Waals surface area contributed by atoms with Crippen molar-refractivity contribution in [1.82, 2.24) is 10.2 Å². The van der Waals surface area contributed by atoms with Gasteiger partial charge in [-0.05, 0) is 39.2 Å². The maximum absolute atomic E-state index is 3.61. The van der Waals surface area contributed by atoms with Crippen molar-refractivity contribution in [3.05, 3.63) is 0 Å². The average molecular weight is 182 g/mol. The fourth-order valence-electron chi connectivity index (χ4n) is 2.08. The Kier molecular flexibility index (Phi) is 2.89. The third-order valence-corrected chi connectivity index (χ3v) is 3.23. The smallest absolute Gasteiger partial charge is 0.0195 e. The minimum Gasteiger partial charge on any atom is -0.312 e. The van der Waals surface area contributed by atoms with E-state index < -0.39 is 0 Å². The highest BCUT2D eigenvalue weighted by molar-refractivity contribution is 4.89. The molecule has 2 aliphatic rings. The lowest BCUT2D eigenvalue weighted by atomic mass is 10.2. The molecule has 1 atom stereocenters. The molecule has 2 fully saturated rings. The highest BCUT2D eigenvalue weighted by Crippen LogP contribution is 2.28. The Balaban J connectivity index is 1.68. The van der Waals surface area contributed by atoms with E-state index in [-0.39, 0.29) is 0 Å². The Morgan fingerprint density at radius 2 is 2.00 bits per heavy atom. The molecule has 2 rings (SSSR count). The minimum absolute atomic E-state index is 0.734. The van der Waals surface area contributed by atoms with Crippen LogP contribution in [0.5, 0.6) is 0 Å². The molecule has 1 N–H and O–H groups in total. The first kappa shape index (κ1) is 9.47. The topological polar surface area (TPSA) is 15.3 Å². The molecule has 0 amide bonds. The molecule has 0 aromatic carbocycles. The molecule has 0 spiro atoms. The van der Waals surface area contributed by atoms with Gasteiger partial charge in [-0.1, -0.05) is 6.92 Å².